The zero-order chi connectivity index (χ0) is 35.7. The van der Waals surface area contributed by atoms with Gasteiger partial charge in [0.15, 0.2) is 5.78 Å². The van der Waals surface area contributed by atoms with Crippen molar-refractivity contribution in [2.75, 3.05) is 0 Å². The Labute approximate surface area is 314 Å². The fourth-order valence-electron chi connectivity index (χ4n) is 6.20. The van der Waals surface area contributed by atoms with Crippen LogP contribution in [0.2, 0.25) is 19.6 Å². The van der Waals surface area contributed by atoms with Gasteiger partial charge in [-0.2, -0.15) is 0 Å². The molecule has 0 saturated carbocycles. The van der Waals surface area contributed by atoms with Gasteiger partial charge in [0.05, 0.1) is 8.07 Å². The number of benzene rings is 3. The number of hydrogen-bond acceptors (Lipinski definition) is 4. The van der Waals surface area contributed by atoms with E-state index >= 15 is 0 Å². The zero-order valence-corrected chi connectivity index (χ0v) is 35.9. The van der Waals surface area contributed by atoms with Crippen LogP contribution in [0.1, 0.15) is 93.6 Å². The van der Waals surface area contributed by atoms with E-state index in [1.165, 1.54) is 42.4 Å². The number of rotatable bonds is 9. The molecule has 5 aromatic rings. The number of hydrogen-bond donors (Lipinski definition) is 1. The molecular formula is C43H56IrNO2SSi-. The first kappa shape index (κ1) is 40.8. The molecule has 265 valence electrons. The molecule has 5 rings (SSSR count). The van der Waals surface area contributed by atoms with Crippen LogP contribution in [0.5, 0.6) is 0 Å². The standard InChI is InChI=1S/C28H28NSSi.C15H28O2.Ir/c1-28(2,3)22-17-19(16-18-10-7-8-11-20(18)22)26-25-21-12-9-13-24(31(4,5)6)27(21)30-23(25)14-15-29-26;1-7-14(5,8-2)12(16)11-13(17)15(6,9-3)10-4;/h7-15,17H,1-6H3;11,16H,7-10H2,1-6H3;/q-1;;/b;12-11-;. The number of allylic oxidation sites excluding steroid dienone is 2. The van der Waals surface area contributed by atoms with Crippen molar-refractivity contribution in [1.82, 2.24) is 4.98 Å². The average Bonchev–Trinajstić information content (AvgIpc) is 3.45. The van der Waals surface area contributed by atoms with Crippen LogP contribution in [-0.4, -0.2) is 23.9 Å². The van der Waals surface area contributed by atoms with Crippen LogP contribution >= 0.6 is 11.3 Å². The van der Waals surface area contributed by atoms with E-state index in [0.29, 0.717) is 0 Å². The number of fused-ring (bicyclic) bond motifs is 4. The molecule has 49 heavy (non-hydrogen) atoms. The molecule has 3 aromatic carbocycles. The van der Waals surface area contributed by atoms with Crippen LogP contribution in [0.4, 0.5) is 0 Å². The van der Waals surface area contributed by atoms with Crippen molar-refractivity contribution in [3.8, 4) is 11.3 Å². The number of aliphatic hydroxyl groups excluding tert-OH is 1. The minimum atomic E-state index is -1.45. The molecule has 1 radical (unpaired) electrons. The summed E-state index contributed by atoms with van der Waals surface area (Å²) >= 11 is 1.92. The third kappa shape index (κ3) is 8.47. The third-order valence-electron chi connectivity index (χ3n) is 10.7. The van der Waals surface area contributed by atoms with Crippen molar-refractivity contribution >= 4 is 61.3 Å². The maximum atomic E-state index is 12.2. The molecule has 0 amide bonds. The largest absolute Gasteiger partial charge is 0.512 e. The minimum absolute atomic E-state index is 0. The molecule has 0 saturated heterocycles. The second-order valence-corrected chi connectivity index (χ2v) is 22.0. The molecule has 0 bridgehead atoms. The number of aliphatic hydroxyl groups is 1. The van der Waals surface area contributed by atoms with Crippen molar-refractivity contribution in [3.63, 3.8) is 0 Å². The van der Waals surface area contributed by atoms with Gasteiger partial charge < -0.3 is 5.11 Å². The smallest absolute Gasteiger partial charge is 0.164 e. The van der Waals surface area contributed by atoms with Crippen molar-refractivity contribution in [2.45, 2.75) is 113 Å². The van der Waals surface area contributed by atoms with Crippen molar-refractivity contribution in [2.24, 2.45) is 10.8 Å². The molecule has 0 atom stereocenters. The van der Waals surface area contributed by atoms with Gasteiger partial charge >= 0.3 is 0 Å². The summed E-state index contributed by atoms with van der Waals surface area (Å²) in [5.74, 6) is 0.286. The number of ketones is 1. The van der Waals surface area contributed by atoms with Gasteiger partial charge in [-0.15, -0.1) is 40.5 Å². The van der Waals surface area contributed by atoms with Gasteiger partial charge in [0.2, 0.25) is 0 Å². The Morgan fingerprint density at radius 2 is 1.45 bits per heavy atom. The molecule has 6 heteroatoms. The molecule has 2 aromatic heterocycles. The molecule has 1 N–H and O–H groups in total. The summed E-state index contributed by atoms with van der Waals surface area (Å²) < 4.78 is 2.74. The Morgan fingerprint density at radius 1 is 0.857 bits per heavy atom. The molecular weight excluding hydrogens is 815 g/mol. The van der Waals surface area contributed by atoms with Gasteiger partial charge in [0.1, 0.15) is 5.76 Å². The number of thiophene rings is 1. The first-order chi connectivity index (χ1) is 22.4. The van der Waals surface area contributed by atoms with Crippen LogP contribution in [0.25, 0.3) is 42.2 Å². The van der Waals surface area contributed by atoms with E-state index in [1.54, 1.807) is 0 Å². The SMILES string of the molecule is CC(C)(C)c1cc(-c2nccc3sc4c([Si](C)(C)C)cccc4c23)[c-]c2ccccc12.CCC(C)(CC)C(=O)/C=C(\O)C(C)(CC)CC.[Ir]. The normalized spacial score (nSPS) is 12.9. The Balaban J connectivity index is 0.000000312. The monoisotopic (exact) mass is 871 g/mol. The molecule has 0 aliphatic carbocycles. The molecule has 0 spiro atoms. The number of carbonyl (C=O) groups excluding carboxylic acids is 1. The summed E-state index contributed by atoms with van der Waals surface area (Å²) in [5.41, 5.74) is 2.92. The van der Waals surface area contributed by atoms with E-state index in [9.17, 15) is 9.90 Å². The van der Waals surface area contributed by atoms with E-state index in [4.69, 9.17) is 4.98 Å². The summed E-state index contributed by atoms with van der Waals surface area (Å²) in [6, 6.07) is 23.6. The van der Waals surface area contributed by atoms with E-state index in [1.807, 2.05) is 59.1 Å². The maximum Gasteiger partial charge on any atom is 0.164 e. The topological polar surface area (TPSA) is 50.2 Å². The molecule has 0 aliphatic heterocycles. The first-order valence-corrected chi connectivity index (χ1v) is 22.0. The molecule has 0 fully saturated rings. The van der Waals surface area contributed by atoms with Crippen molar-refractivity contribution in [3.05, 3.63) is 84.3 Å². The number of pyridine rings is 1. The number of aromatic nitrogens is 1. The minimum Gasteiger partial charge on any atom is -0.512 e. The van der Waals surface area contributed by atoms with Gasteiger partial charge in [0.25, 0.3) is 0 Å². The van der Waals surface area contributed by atoms with Gasteiger partial charge in [-0.05, 0) is 53.1 Å². The van der Waals surface area contributed by atoms with Crippen LogP contribution in [-0.2, 0) is 30.3 Å². The second kappa shape index (κ2) is 15.7. The molecule has 3 nitrogen and oxygen atoms in total. The number of carbonyl (C=O) groups is 1. The summed E-state index contributed by atoms with van der Waals surface area (Å²) in [7, 11) is -1.45. The third-order valence-corrected chi connectivity index (χ3v) is 14.1. The fraction of sp³-hybridized carbons (Fsp3) is 0.442. The van der Waals surface area contributed by atoms with Gasteiger partial charge in [0, 0.05) is 58.3 Å². The Kier molecular flexibility index (Phi) is 13.1. The fourth-order valence-corrected chi connectivity index (χ4v) is 9.80. The predicted octanol–water partition coefficient (Wildman–Crippen LogP) is 12.6. The average molecular weight is 871 g/mol. The van der Waals surface area contributed by atoms with Crippen LogP contribution in [0.15, 0.2) is 72.6 Å². The van der Waals surface area contributed by atoms with Crippen LogP contribution < -0.4 is 5.19 Å². The van der Waals surface area contributed by atoms with E-state index in [0.717, 1.165) is 42.3 Å². The van der Waals surface area contributed by atoms with Gasteiger partial charge in [-0.1, -0.05) is 129 Å². The van der Waals surface area contributed by atoms with Crippen LogP contribution in [0, 0.1) is 16.9 Å². The summed E-state index contributed by atoms with van der Waals surface area (Å²) in [6.45, 7) is 26.2. The first-order valence-electron chi connectivity index (χ1n) is 17.7. The second-order valence-electron chi connectivity index (χ2n) is 15.9. The van der Waals surface area contributed by atoms with Crippen molar-refractivity contribution < 1.29 is 30.0 Å². The Bertz CT molecular complexity index is 1950. The number of nitrogens with zero attached hydrogens (tertiary/aromatic N) is 1. The van der Waals surface area contributed by atoms with Crippen molar-refractivity contribution in [1.29, 1.82) is 0 Å². The molecule has 0 aliphatic rings. The molecule has 0 unspecified atom stereocenters. The predicted molar refractivity (Wildman–Crippen MR) is 214 cm³/mol. The Morgan fingerprint density at radius 3 is 2.02 bits per heavy atom. The zero-order valence-electron chi connectivity index (χ0n) is 31.7. The summed E-state index contributed by atoms with van der Waals surface area (Å²) in [5, 5.41) is 16.7. The quantitative estimate of drug-likeness (QED) is 0.0695. The van der Waals surface area contributed by atoms with Crippen LogP contribution in [0.3, 0.4) is 0 Å². The molecule has 2 heterocycles. The van der Waals surface area contributed by atoms with E-state index in [2.05, 4.69) is 101 Å². The summed E-state index contributed by atoms with van der Waals surface area (Å²) in [4.78, 5) is 17.1. The maximum absolute atomic E-state index is 12.2. The van der Waals surface area contributed by atoms with Gasteiger partial charge in [-0.25, -0.2) is 0 Å². The van der Waals surface area contributed by atoms with Gasteiger partial charge in [-0.3, -0.25) is 9.78 Å². The summed E-state index contributed by atoms with van der Waals surface area (Å²) in [6.07, 6.45) is 6.71. The van der Waals surface area contributed by atoms with E-state index < -0.39 is 8.07 Å². The Hall–Kier alpha value is -2.63. The van der Waals surface area contributed by atoms with E-state index in [-0.39, 0.29) is 47.9 Å².